The molecule has 2 heteroatoms. The Balaban J connectivity index is 1.69. The van der Waals surface area contributed by atoms with Crippen LogP contribution in [0.2, 0.25) is 0 Å². The van der Waals surface area contributed by atoms with E-state index in [-0.39, 0.29) is 10.8 Å². The zero-order valence-corrected chi connectivity index (χ0v) is 13.8. The Morgan fingerprint density at radius 2 is 1.82 bits per heavy atom. The van der Waals surface area contributed by atoms with Gasteiger partial charge in [0.05, 0.1) is 6.33 Å². The first-order valence-corrected chi connectivity index (χ1v) is 9.02. The highest BCUT2D eigenvalue weighted by Gasteiger charge is 2.58. The van der Waals surface area contributed by atoms with Crippen LogP contribution in [-0.4, -0.2) is 5.78 Å². The minimum absolute atomic E-state index is 0.0303. The van der Waals surface area contributed by atoms with Gasteiger partial charge in [-0.1, -0.05) is 25.5 Å². The molecule has 0 bridgehead atoms. The van der Waals surface area contributed by atoms with E-state index in [1.807, 2.05) is 0 Å². The SMILES string of the molecule is C[C@]12CC/C(=C\F)C=C1CC[C@@H]1[C@@H]2CC[C@]2(C)C(=O)CC[C@@H]12. The van der Waals surface area contributed by atoms with Crippen molar-refractivity contribution in [2.45, 2.75) is 65.2 Å². The largest absolute Gasteiger partial charge is 0.299 e. The Kier molecular flexibility index (Phi) is 3.19. The Labute approximate surface area is 133 Å². The molecule has 0 aromatic rings. The molecule has 0 N–H and O–H groups in total. The molecule has 0 saturated heterocycles. The van der Waals surface area contributed by atoms with Crippen LogP contribution in [0.4, 0.5) is 4.39 Å². The molecule has 4 rings (SSSR count). The minimum Gasteiger partial charge on any atom is -0.299 e. The van der Waals surface area contributed by atoms with Gasteiger partial charge in [-0.15, -0.1) is 0 Å². The number of ketones is 1. The van der Waals surface area contributed by atoms with Crippen LogP contribution in [-0.2, 0) is 4.79 Å². The quantitative estimate of drug-likeness (QED) is 0.588. The lowest BCUT2D eigenvalue weighted by molar-refractivity contribution is -0.132. The van der Waals surface area contributed by atoms with Gasteiger partial charge in [-0.3, -0.25) is 4.79 Å². The van der Waals surface area contributed by atoms with Crippen molar-refractivity contribution in [3.8, 4) is 0 Å². The van der Waals surface area contributed by atoms with Gasteiger partial charge in [0.25, 0.3) is 0 Å². The maximum Gasteiger partial charge on any atom is 0.139 e. The summed E-state index contributed by atoms with van der Waals surface area (Å²) in [6.07, 6.45) is 11.4. The molecule has 0 spiro atoms. The van der Waals surface area contributed by atoms with Gasteiger partial charge in [0, 0.05) is 11.8 Å². The molecule has 5 atom stereocenters. The van der Waals surface area contributed by atoms with E-state index >= 15 is 0 Å². The molecule has 0 aromatic carbocycles. The number of allylic oxidation sites excluding steroid dienone is 3. The van der Waals surface area contributed by atoms with Gasteiger partial charge in [-0.2, -0.15) is 0 Å². The molecule has 3 fully saturated rings. The Bertz CT molecular complexity index is 574. The standard InChI is InChI=1S/C20H27FO/c1-19-9-7-13(12-21)11-14(19)3-4-15-16-5-6-18(22)20(16,2)10-8-17(15)19/h11-12,15-17H,3-10H2,1-2H3/b13-12+/t15-,16-,17-,19-,20-/m0/s1. The van der Waals surface area contributed by atoms with Crippen molar-refractivity contribution in [2.24, 2.45) is 28.6 Å². The molecule has 120 valence electrons. The average Bonchev–Trinajstić information content (AvgIpc) is 2.82. The normalized spacial score (nSPS) is 49.4. The van der Waals surface area contributed by atoms with E-state index in [1.54, 1.807) is 0 Å². The van der Waals surface area contributed by atoms with Crippen molar-refractivity contribution < 1.29 is 9.18 Å². The summed E-state index contributed by atoms with van der Waals surface area (Å²) in [6, 6.07) is 0. The summed E-state index contributed by atoms with van der Waals surface area (Å²) in [5.41, 5.74) is 2.58. The molecule has 0 amide bonds. The molecule has 0 heterocycles. The lowest BCUT2D eigenvalue weighted by Gasteiger charge is -2.57. The van der Waals surface area contributed by atoms with Crippen molar-refractivity contribution in [1.82, 2.24) is 0 Å². The topological polar surface area (TPSA) is 17.1 Å². The zero-order valence-electron chi connectivity index (χ0n) is 13.8. The molecule has 0 radical (unpaired) electrons. The smallest absolute Gasteiger partial charge is 0.139 e. The second-order valence-corrected chi connectivity index (χ2v) is 8.60. The van der Waals surface area contributed by atoms with E-state index in [4.69, 9.17) is 0 Å². The number of carbonyl (C=O) groups excluding carboxylic acids is 1. The molecule has 22 heavy (non-hydrogen) atoms. The van der Waals surface area contributed by atoms with E-state index in [0.29, 0.717) is 23.5 Å². The van der Waals surface area contributed by atoms with Crippen LogP contribution in [0.1, 0.15) is 65.2 Å². The fourth-order valence-electron chi connectivity index (χ4n) is 6.47. The third kappa shape index (κ3) is 1.79. The van der Waals surface area contributed by atoms with Crippen molar-refractivity contribution in [2.75, 3.05) is 0 Å². The molecule has 4 aliphatic rings. The van der Waals surface area contributed by atoms with Crippen molar-refractivity contribution in [3.63, 3.8) is 0 Å². The van der Waals surface area contributed by atoms with E-state index < -0.39 is 0 Å². The van der Waals surface area contributed by atoms with E-state index in [2.05, 4.69) is 19.9 Å². The molecular formula is C20H27FO. The fourth-order valence-corrected chi connectivity index (χ4v) is 6.47. The number of Topliss-reactive ketones (excluding diaryl/α,β-unsaturated/α-hetero) is 1. The Hall–Kier alpha value is -0.920. The highest BCUT2D eigenvalue weighted by molar-refractivity contribution is 5.87. The van der Waals surface area contributed by atoms with Crippen LogP contribution < -0.4 is 0 Å². The van der Waals surface area contributed by atoms with Gasteiger partial charge in [0.15, 0.2) is 0 Å². The third-order valence-corrected chi connectivity index (χ3v) is 7.88. The summed E-state index contributed by atoms with van der Waals surface area (Å²) >= 11 is 0. The lowest BCUT2D eigenvalue weighted by Crippen LogP contribution is -2.50. The molecule has 0 unspecified atom stereocenters. The minimum atomic E-state index is -0.0303. The average molecular weight is 302 g/mol. The number of hydrogen-bond donors (Lipinski definition) is 0. The number of carbonyl (C=O) groups is 1. The fraction of sp³-hybridized carbons (Fsp3) is 0.750. The molecular weight excluding hydrogens is 275 g/mol. The first-order valence-electron chi connectivity index (χ1n) is 9.02. The van der Waals surface area contributed by atoms with Gasteiger partial charge >= 0.3 is 0 Å². The Morgan fingerprint density at radius 3 is 2.59 bits per heavy atom. The first kappa shape index (κ1) is 14.7. The van der Waals surface area contributed by atoms with Crippen molar-refractivity contribution in [3.05, 3.63) is 23.6 Å². The second kappa shape index (κ2) is 4.79. The van der Waals surface area contributed by atoms with Gasteiger partial charge in [0.2, 0.25) is 0 Å². The van der Waals surface area contributed by atoms with E-state index in [1.165, 1.54) is 18.4 Å². The summed E-state index contributed by atoms with van der Waals surface area (Å²) in [4.78, 5) is 12.4. The number of halogens is 1. The van der Waals surface area contributed by atoms with Crippen LogP contribution in [0.5, 0.6) is 0 Å². The Morgan fingerprint density at radius 1 is 1.05 bits per heavy atom. The molecule has 0 aromatic heterocycles. The predicted octanol–water partition coefficient (Wildman–Crippen LogP) is 5.37. The summed E-state index contributed by atoms with van der Waals surface area (Å²) in [5.74, 6) is 2.55. The van der Waals surface area contributed by atoms with Crippen LogP contribution in [0, 0.1) is 28.6 Å². The van der Waals surface area contributed by atoms with Gasteiger partial charge in [-0.05, 0) is 73.7 Å². The maximum absolute atomic E-state index is 12.9. The molecule has 4 aliphatic carbocycles. The molecule has 0 aliphatic heterocycles. The highest BCUT2D eigenvalue weighted by Crippen LogP contribution is 2.64. The van der Waals surface area contributed by atoms with Gasteiger partial charge in [-0.25, -0.2) is 4.39 Å². The first-order chi connectivity index (χ1) is 10.5. The maximum atomic E-state index is 12.9. The monoisotopic (exact) mass is 302 g/mol. The van der Waals surface area contributed by atoms with Crippen LogP contribution in [0.25, 0.3) is 0 Å². The lowest BCUT2D eigenvalue weighted by atomic mass is 9.47. The van der Waals surface area contributed by atoms with Gasteiger partial charge < -0.3 is 0 Å². The summed E-state index contributed by atoms with van der Waals surface area (Å²) in [7, 11) is 0. The summed E-state index contributed by atoms with van der Waals surface area (Å²) in [6.45, 7) is 4.66. The molecule has 1 nitrogen and oxygen atoms in total. The van der Waals surface area contributed by atoms with Crippen molar-refractivity contribution in [1.29, 1.82) is 0 Å². The highest BCUT2D eigenvalue weighted by atomic mass is 19.1. The number of rotatable bonds is 0. The van der Waals surface area contributed by atoms with E-state index in [0.717, 1.165) is 50.4 Å². The number of hydrogen-bond acceptors (Lipinski definition) is 1. The zero-order chi connectivity index (χ0) is 15.5. The second-order valence-electron chi connectivity index (χ2n) is 8.60. The predicted molar refractivity (Wildman–Crippen MR) is 85.9 cm³/mol. The number of fused-ring (bicyclic) bond motifs is 5. The third-order valence-electron chi connectivity index (χ3n) is 7.88. The van der Waals surface area contributed by atoms with Crippen LogP contribution in [0.15, 0.2) is 23.6 Å². The van der Waals surface area contributed by atoms with Crippen molar-refractivity contribution >= 4 is 5.78 Å². The van der Waals surface area contributed by atoms with Gasteiger partial charge in [0.1, 0.15) is 5.78 Å². The van der Waals surface area contributed by atoms with E-state index in [9.17, 15) is 9.18 Å². The summed E-state index contributed by atoms with van der Waals surface area (Å²) in [5, 5.41) is 0. The molecule has 3 saturated carbocycles. The summed E-state index contributed by atoms with van der Waals surface area (Å²) < 4.78 is 12.9. The van der Waals surface area contributed by atoms with Crippen LogP contribution >= 0.6 is 0 Å². The van der Waals surface area contributed by atoms with Crippen LogP contribution in [0.3, 0.4) is 0 Å².